The molecule has 2 nitrogen and oxygen atoms in total. The van der Waals surface area contributed by atoms with Crippen molar-refractivity contribution in [3.05, 3.63) is 252 Å². The Morgan fingerprint density at radius 1 is 0.475 bits per heavy atom. The summed E-state index contributed by atoms with van der Waals surface area (Å²) in [5, 5.41) is 3.70. The van der Waals surface area contributed by atoms with Crippen molar-refractivity contribution in [2.45, 2.75) is 19.3 Å². The van der Waals surface area contributed by atoms with Crippen molar-refractivity contribution >= 4 is 39.1 Å². The third kappa shape index (κ3) is 5.15. The van der Waals surface area contributed by atoms with Crippen LogP contribution in [0.1, 0.15) is 40.4 Å². The maximum Gasteiger partial charge on any atom is 0.0725 e. The molecule has 0 bridgehead atoms. The van der Waals surface area contributed by atoms with E-state index < -0.39 is 0 Å². The fourth-order valence-electron chi connectivity index (χ4n) is 10.8. The van der Waals surface area contributed by atoms with Crippen LogP contribution in [-0.2, 0) is 5.41 Å². The lowest BCUT2D eigenvalue weighted by Gasteiger charge is -2.30. The van der Waals surface area contributed by atoms with E-state index in [1.54, 1.807) is 0 Å². The van der Waals surface area contributed by atoms with Gasteiger partial charge in [-0.3, -0.25) is 0 Å². The number of allylic oxidation sites excluding steroid dienone is 1. The zero-order chi connectivity index (χ0) is 40.7. The van der Waals surface area contributed by atoms with Gasteiger partial charge in [-0.25, -0.2) is 0 Å². The molecule has 0 unspecified atom stereocenters. The molecular formula is C59H42N2. The summed E-state index contributed by atoms with van der Waals surface area (Å²) in [5.41, 5.74) is 21.0. The van der Waals surface area contributed by atoms with Gasteiger partial charge in [-0.05, 0) is 134 Å². The van der Waals surface area contributed by atoms with Gasteiger partial charge in [0.15, 0.2) is 0 Å². The number of para-hydroxylation sites is 2. The van der Waals surface area contributed by atoms with Gasteiger partial charge in [0.05, 0.1) is 16.6 Å². The first-order valence-electron chi connectivity index (χ1n) is 21.3. The first-order chi connectivity index (χ1) is 30.1. The minimum Gasteiger partial charge on any atom is -0.314 e. The number of fused-ring (bicyclic) bond motifs is 12. The Kier molecular flexibility index (Phi) is 7.92. The van der Waals surface area contributed by atoms with E-state index in [2.05, 4.69) is 242 Å². The van der Waals surface area contributed by atoms with Crippen LogP contribution in [0, 0.1) is 6.92 Å². The Bertz CT molecular complexity index is 3340. The van der Waals surface area contributed by atoms with Gasteiger partial charge in [-0.2, -0.15) is 0 Å². The second kappa shape index (κ2) is 13.7. The minimum absolute atomic E-state index is 0.371. The van der Waals surface area contributed by atoms with Gasteiger partial charge < -0.3 is 9.47 Å². The van der Waals surface area contributed by atoms with Crippen LogP contribution in [0.4, 0.5) is 11.4 Å². The summed E-state index contributed by atoms with van der Waals surface area (Å²) in [7, 11) is 0. The Morgan fingerprint density at radius 2 is 1.03 bits per heavy atom. The van der Waals surface area contributed by atoms with Gasteiger partial charge in [0, 0.05) is 28.1 Å². The van der Waals surface area contributed by atoms with Crippen LogP contribution >= 0.6 is 0 Å². The van der Waals surface area contributed by atoms with E-state index >= 15 is 0 Å². The van der Waals surface area contributed by atoms with Crippen LogP contribution in [0.2, 0.25) is 0 Å². The third-order valence-electron chi connectivity index (χ3n) is 13.3. The van der Waals surface area contributed by atoms with Crippen molar-refractivity contribution in [1.82, 2.24) is 4.57 Å². The summed E-state index contributed by atoms with van der Waals surface area (Å²) >= 11 is 0. The van der Waals surface area contributed by atoms with E-state index in [0.717, 1.165) is 22.8 Å². The fourth-order valence-corrected chi connectivity index (χ4v) is 10.8. The lowest BCUT2D eigenvalue weighted by atomic mass is 9.70. The monoisotopic (exact) mass is 778 g/mol. The molecular weight excluding hydrogens is 737 g/mol. The summed E-state index contributed by atoms with van der Waals surface area (Å²) in [6.07, 6.45) is 2.36. The fraction of sp³-hybridized carbons (Fsp3) is 0.0508. The Hall–Kier alpha value is -7.68. The summed E-state index contributed by atoms with van der Waals surface area (Å²) in [5.74, 6) is 0. The molecule has 0 amide bonds. The smallest absolute Gasteiger partial charge is 0.0725 e. The van der Waals surface area contributed by atoms with Gasteiger partial charge in [-0.1, -0.05) is 170 Å². The minimum atomic E-state index is -0.371. The first kappa shape index (κ1) is 35.3. The maximum absolute atomic E-state index is 2.41. The molecule has 1 heterocycles. The lowest BCUT2D eigenvalue weighted by molar-refractivity contribution is 0.794. The molecule has 0 aliphatic heterocycles. The number of nitrogens with zero attached hydrogens (tertiary/aromatic N) is 2. The molecule has 1 spiro atoms. The molecule has 61 heavy (non-hydrogen) atoms. The average molecular weight is 779 g/mol. The molecule has 9 aromatic carbocycles. The van der Waals surface area contributed by atoms with E-state index in [0.29, 0.717) is 0 Å². The highest BCUT2D eigenvalue weighted by Crippen LogP contribution is 2.64. The average Bonchev–Trinajstić information content (AvgIpc) is 3.90. The molecule has 1 aromatic heterocycles. The van der Waals surface area contributed by atoms with Crippen molar-refractivity contribution < 1.29 is 0 Å². The number of aryl methyl sites for hydroxylation is 1. The number of benzene rings is 9. The number of aromatic nitrogens is 1. The summed E-state index contributed by atoms with van der Waals surface area (Å²) in [6.45, 7) is 4.49. The van der Waals surface area contributed by atoms with Crippen LogP contribution in [0.5, 0.6) is 0 Å². The summed E-state index contributed by atoms with van der Waals surface area (Å²) in [6, 6.07) is 78.3. The highest BCUT2D eigenvalue weighted by atomic mass is 15.1. The first-order valence-corrected chi connectivity index (χ1v) is 21.3. The van der Waals surface area contributed by atoms with Gasteiger partial charge in [0.2, 0.25) is 0 Å². The van der Waals surface area contributed by atoms with Crippen LogP contribution < -0.4 is 4.90 Å². The number of rotatable bonds is 6. The quantitative estimate of drug-likeness (QED) is 0.163. The van der Waals surface area contributed by atoms with Gasteiger partial charge in [-0.15, -0.1) is 0 Å². The zero-order valence-corrected chi connectivity index (χ0v) is 34.2. The van der Waals surface area contributed by atoms with Gasteiger partial charge >= 0.3 is 0 Å². The van der Waals surface area contributed by atoms with Crippen LogP contribution in [0.15, 0.2) is 218 Å². The molecule has 2 aliphatic rings. The normalized spacial score (nSPS) is 13.3. The molecule has 0 saturated heterocycles. The molecule has 0 saturated carbocycles. The van der Waals surface area contributed by atoms with Gasteiger partial charge in [0.25, 0.3) is 0 Å². The third-order valence-corrected chi connectivity index (χ3v) is 13.3. The number of anilines is 2. The molecule has 2 aliphatic carbocycles. The van der Waals surface area contributed by atoms with Crippen molar-refractivity contribution in [3.63, 3.8) is 0 Å². The largest absolute Gasteiger partial charge is 0.314 e. The molecule has 2 heteroatoms. The highest BCUT2D eigenvalue weighted by molar-refractivity contribution is 6.00. The Labute approximate surface area is 356 Å². The molecule has 0 fully saturated rings. The summed E-state index contributed by atoms with van der Waals surface area (Å²) < 4.78 is 2.40. The number of hydrogen-bond donors (Lipinski definition) is 0. The van der Waals surface area contributed by atoms with Crippen molar-refractivity contribution in [2.75, 3.05) is 4.90 Å². The van der Waals surface area contributed by atoms with E-state index in [9.17, 15) is 0 Å². The van der Waals surface area contributed by atoms with E-state index in [1.807, 2.05) is 0 Å². The Morgan fingerprint density at radius 3 is 1.77 bits per heavy atom. The predicted octanol–water partition coefficient (Wildman–Crippen LogP) is 15.3. The molecule has 288 valence electrons. The topological polar surface area (TPSA) is 8.17 Å². The van der Waals surface area contributed by atoms with Crippen molar-refractivity contribution in [2.24, 2.45) is 0 Å². The van der Waals surface area contributed by atoms with Crippen LogP contribution in [-0.4, -0.2) is 4.57 Å². The van der Waals surface area contributed by atoms with Crippen molar-refractivity contribution in [3.8, 4) is 39.1 Å². The van der Waals surface area contributed by atoms with Crippen LogP contribution in [0.3, 0.4) is 0 Å². The predicted molar refractivity (Wildman–Crippen MR) is 256 cm³/mol. The van der Waals surface area contributed by atoms with Crippen molar-refractivity contribution in [1.29, 1.82) is 0 Å². The number of hydrogen-bond acceptors (Lipinski definition) is 1. The van der Waals surface area contributed by atoms with Gasteiger partial charge in [0.1, 0.15) is 0 Å². The molecule has 10 aromatic rings. The molecule has 0 N–H and O–H groups in total. The molecule has 0 atom stereocenters. The lowest BCUT2D eigenvalue weighted by Crippen LogP contribution is -2.25. The SMILES string of the molecule is C/C(=C\c1c(C)c2ccccc2n1-c1ccccc1)N(c1ccc(-c2cccc3c2-c2ccccc2C32c3ccccc3-c3ccccc32)cc1)c1ccc2ccccc2c1. The highest BCUT2D eigenvalue weighted by Gasteiger charge is 2.51. The zero-order valence-electron chi connectivity index (χ0n) is 34.2. The Balaban J connectivity index is 1.02. The summed E-state index contributed by atoms with van der Waals surface area (Å²) in [4.78, 5) is 2.41. The molecule has 12 rings (SSSR count). The van der Waals surface area contributed by atoms with E-state index in [4.69, 9.17) is 0 Å². The molecule has 0 radical (unpaired) electrons. The second-order valence-electron chi connectivity index (χ2n) is 16.5. The van der Waals surface area contributed by atoms with Crippen LogP contribution in [0.25, 0.3) is 66.8 Å². The van der Waals surface area contributed by atoms with E-state index in [-0.39, 0.29) is 5.41 Å². The maximum atomic E-state index is 2.41. The van der Waals surface area contributed by atoms with E-state index in [1.165, 1.54) is 88.6 Å². The second-order valence-corrected chi connectivity index (χ2v) is 16.5. The standard InChI is InChI=1S/C59H42N2/c1-39(37-57-40(2)47-21-11-15-30-56(47)61(57)44-19-4-3-5-20-44)60(46-36-31-41-17-6-7-18-43(41)38-46)45-34-32-42(33-35-45)48-25-16-29-55-58(48)51-24-10-14-28-54(51)59(55)52-26-12-8-22-49(52)50-23-9-13-27-53(50)59/h3-38H,1-2H3/b39-37+.